The Labute approximate surface area is 219 Å². The summed E-state index contributed by atoms with van der Waals surface area (Å²) in [5, 5.41) is 24.9. The molecule has 38 heavy (non-hydrogen) atoms. The van der Waals surface area contributed by atoms with Crippen LogP contribution in [0.5, 0.6) is 5.75 Å². The lowest BCUT2D eigenvalue weighted by Gasteiger charge is -2.36. The van der Waals surface area contributed by atoms with Crippen LogP contribution in [-0.4, -0.2) is 21.8 Å². The fraction of sp³-hybridized carbons (Fsp3) is 0.200. The van der Waals surface area contributed by atoms with Crippen LogP contribution < -0.4 is 5.32 Å². The van der Waals surface area contributed by atoms with Crippen LogP contribution in [0.4, 0.5) is 5.69 Å². The molecule has 2 aliphatic rings. The number of nitro benzene ring substituents is 1. The maximum Gasteiger partial charge on any atom is 0.337 e. The minimum absolute atomic E-state index is 0.0365. The van der Waals surface area contributed by atoms with Crippen molar-refractivity contribution in [2.45, 2.75) is 38.2 Å². The summed E-state index contributed by atoms with van der Waals surface area (Å²) in [5.74, 6) is -2.17. The Kier molecular flexibility index (Phi) is 6.79. The summed E-state index contributed by atoms with van der Waals surface area (Å²) in [6.45, 7) is 1.77. The van der Waals surface area contributed by atoms with Crippen LogP contribution in [0.1, 0.15) is 48.3 Å². The molecule has 0 fully saturated rings. The largest absolute Gasteiger partial charge is 0.502 e. The van der Waals surface area contributed by atoms with Crippen molar-refractivity contribution in [3.8, 4) is 5.75 Å². The molecule has 2 atom stereocenters. The van der Waals surface area contributed by atoms with Crippen molar-refractivity contribution >= 4 is 17.4 Å². The number of nitrogens with one attached hydrogen (secondary N) is 1. The van der Waals surface area contributed by atoms with Gasteiger partial charge in [0.25, 0.3) is 0 Å². The van der Waals surface area contributed by atoms with E-state index in [-0.39, 0.29) is 30.3 Å². The monoisotopic (exact) mass is 510 g/mol. The first-order valence-corrected chi connectivity index (χ1v) is 12.3. The maximum absolute atomic E-state index is 13.7. The molecule has 3 aromatic rings. The molecule has 0 radical (unpaired) electrons. The van der Waals surface area contributed by atoms with Crippen LogP contribution >= 0.6 is 0 Å². The van der Waals surface area contributed by atoms with E-state index < -0.39 is 28.2 Å². The van der Waals surface area contributed by atoms with E-state index >= 15 is 0 Å². The smallest absolute Gasteiger partial charge is 0.337 e. The molecule has 0 saturated heterocycles. The summed E-state index contributed by atoms with van der Waals surface area (Å²) >= 11 is 0. The number of phenols is 1. The van der Waals surface area contributed by atoms with Gasteiger partial charge < -0.3 is 15.2 Å². The van der Waals surface area contributed by atoms with Gasteiger partial charge in [0.15, 0.2) is 11.5 Å². The molecule has 0 bridgehead atoms. The van der Waals surface area contributed by atoms with Gasteiger partial charge in [-0.25, -0.2) is 4.79 Å². The van der Waals surface area contributed by atoms with Gasteiger partial charge in [-0.15, -0.1) is 0 Å². The lowest BCUT2D eigenvalue weighted by atomic mass is 9.71. The SMILES string of the molecule is CC1=C(C(=O)OCc2ccccc2)C(c2ccc(O)c([N+](=O)[O-])c2)C2=C(CC(c3ccccc3)CC2=O)N1. The minimum atomic E-state index is -0.877. The number of allylic oxidation sites excluding steroid dienone is 3. The van der Waals surface area contributed by atoms with Gasteiger partial charge in [-0.3, -0.25) is 14.9 Å². The molecule has 2 N–H and O–H groups in total. The van der Waals surface area contributed by atoms with E-state index in [1.165, 1.54) is 18.2 Å². The molecule has 2 unspecified atom stereocenters. The fourth-order valence-corrected chi connectivity index (χ4v) is 5.27. The Hall–Kier alpha value is -4.72. The van der Waals surface area contributed by atoms with E-state index in [2.05, 4.69) is 5.32 Å². The molecule has 8 nitrogen and oxygen atoms in total. The van der Waals surface area contributed by atoms with Crippen LogP contribution in [0.15, 0.2) is 101 Å². The standard InChI is InChI=1S/C30H26N2O6/c1-18-27(30(35)38-17-19-8-4-2-5-9-19)28(21-12-13-25(33)24(15-21)32(36)37)29-23(31-18)14-22(16-26(29)34)20-10-6-3-7-11-20/h2-13,15,22,28,31,33H,14,16-17H2,1H3. The highest BCUT2D eigenvalue weighted by Crippen LogP contribution is 2.46. The van der Waals surface area contributed by atoms with Crippen molar-refractivity contribution in [1.29, 1.82) is 0 Å². The summed E-state index contributed by atoms with van der Waals surface area (Å²) < 4.78 is 5.64. The fourth-order valence-electron chi connectivity index (χ4n) is 5.27. The highest BCUT2D eigenvalue weighted by Gasteiger charge is 2.42. The van der Waals surface area contributed by atoms with Crippen molar-refractivity contribution < 1.29 is 24.4 Å². The lowest BCUT2D eigenvalue weighted by molar-refractivity contribution is -0.385. The molecule has 1 heterocycles. The van der Waals surface area contributed by atoms with Crippen molar-refractivity contribution in [2.75, 3.05) is 0 Å². The number of aromatic hydroxyl groups is 1. The van der Waals surface area contributed by atoms with E-state index in [1.807, 2.05) is 60.7 Å². The zero-order valence-electron chi connectivity index (χ0n) is 20.7. The van der Waals surface area contributed by atoms with Gasteiger partial charge in [-0.2, -0.15) is 0 Å². The number of benzene rings is 3. The molecule has 1 aliphatic carbocycles. The molecule has 0 spiro atoms. The average Bonchev–Trinajstić information content (AvgIpc) is 2.92. The first-order chi connectivity index (χ1) is 18.3. The molecule has 8 heteroatoms. The predicted molar refractivity (Wildman–Crippen MR) is 140 cm³/mol. The summed E-state index contributed by atoms with van der Waals surface area (Å²) in [4.78, 5) is 38.1. The summed E-state index contributed by atoms with van der Waals surface area (Å²) in [5.41, 5.74) is 3.53. The molecular weight excluding hydrogens is 484 g/mol. The zero-order valence-corrected chi connectivity index (χ0v) is 20.7. The maximum atomic E-state index is 13.7. The third kappa shape index (κ3) is 4.80. The normalized spacial score (nSPS) is 19.0. The van der Waals surface area contributed by atoms with Crippen LogP contribution in [-0.2, 0) is 20.9 Å². The minimum Gasteiger partial charge on any atom is -0.502 e. The third-order valence-electron chi connectivity index (χ3n) is 7.06. The first-order valence-electron chi connectivity index (χ1n) is 12.3. The van der Waals surface area contributed by atoms with Gasteiger partial charge in [0.05, 0.1) is 10.5 Å². The second-order valence-electron chi connectivity index (χ2n) is 9.49. The van der Waals surface area contributed by atoms with E-state index in [9.17, 15) is 24.8 Å². The highest BCUT2D eigenvalue weighted by molar-refractivity contribution is 6.04. The number of nitrogens with zero attached hydrogens (tertiary/aromatic N) is 1. The van der Waals surface area contributed by atoms with Gasteiger partial charge in [0.1, 0.15) is 6.61 Å². The van der Waals surface area contributed by atoms with Gasteiger partial charge in [-0.1, -0.05) is 66.7 Å². The molecule has 3 aromatic carbocycles. The summed E-state index contributed by atoms with van der Waals surface area (Å²) in [7, 11) is 0. The van der Waals surface area contributed by atoms with E-state index in [4.69, 9.17) is 4.74 Å². The van der Waals surface area contributed by atoms with Gasteiger partial charge in [-0.05, 0) is 42.0 Å². The molecule has 0 aromatic heterocycles. The lowest BCUT2D eigenvalue weighted by Crippen LogP contribution is -2.36. The molecule has 0 saturated carbocycles. The Bertz CT molecular complexity index is 1480. The number of nitro groups is 1. The number of rotatable bonds is 6. The number of esters is 1. The quantitative estimate of drug-likeness (QED) is 0.259. The van der Waals surface area contributed by atoms with Gasteiger partial charge in [0.2, 0.25) is 0 Å². The second kappa shape index (κ2) is 10.3. The number of ether oxygens (including phenoxy) is 1. The number of Topliss-reactive ketones (excluding diaryl/α,β-unsaturated/α-hetero) is 1. The molecular formula is C30H26N2O6. The Morgan fingerprint density at radius 2 is 1.71 bits per heavy atom. The summed E-state index contributed by atoms with van der Waals surface area (Å²) in [6, 6.07) is 22.9. The van der Waals surface area contributed by atoms with Crippen molar-refractivity contribution in [2.24, 2.45) is 0 Å². The van der Waals surface area contributed by atoms with Crippen molar-refractivity contribution in [3.05, 3.63) is 128 Å². The molecule has 192 valence electrons. The highest BCUT2D eigenvalue weighted by atomic mass is 16.6. The first kappa shape index (κ1) is 25.0. The van der Waals surface area contributed by atoms with Crippen LogP contribution in [0, 0.1) is 10.1 Å². The molecule has 1 aliphatic heterocycles. The van der Waals surface area contributed by atoms with Crippen molar-refractivity contribution in [1.82, 2.24) is 5.32 Å². The Morgan fingerprint density at radius 3 is 2.39 bits per heavy atom. The van der Waals surface area contributed by atoms with Crippen LogP contribution in [0.3, 0.4) is 0 Å². The number of carbonyl (C=O) groups excluding carboxylic acids is 2. The van der Waals surface area contributed by atoms with Gasteiger partial charge >= 0.3 is 11.7 Å². The number of dihydropyridines is 1. The van der Waals surface area contributed by atoms with E-state index in [0.29, 0.717) is 29.0 Å². The second-order valence-corrected chi connectivity index (χ2v) is 9.49. The number of phenolic OH excluding ortho intramolecular Hbond substituents is 1. The van der Waals surface area contributed by atoms with Crippen LogP contribution in [0.25, 0.3) is 0 Å². The number of ketones is 1. The number of carbonyl (C=O) groups is 2. The van der Waals surface area contributed by atoms with Gasteiger partial charge in [0, 0.05) is 35.4 Å². The van der Waals surface area contributed by atoms with Crippen molar-refractivity contribution in [3.63, 3.8) is 0 Å². The summed E-state index contributed by atoms with van der Waals surface area (Å²) in [6.07, 6.45) is 0.790. The number of hydrogen-bond donors (Lipinski definition) is 2. The average molecular weight is 511 g/mol. The Balaban J connectivity index is 1.57. The zero-order chi connectivity index (χ0) is 26.8. The Morgan fingerprint density at radius 1 is 1.03 bits per heavy atom. The predicted octanol–water partition coefficient (Wildman–Crippen LogP) is 5.41. The van der Waals surface area contributed by atoms with Crippen LogP contribution in [0.2, 0.25) is 0 Å². The molecule has 5 rings (SSSR count). The number of hydrogen-bond acceptors (Lipinski definition) is 7. The topological polar surface area (TPSA) is 119 Å². The van der Waals surface area contributed by atoms with E-state index in [1.54, 1.807) is 6.92 Å². The third-order valence-corrected chi connectivity index (χ3v) is 7.06. The molecule has 0 amide bonds. The van der Waals surface area contributed by atoms with E-state index in [0.717, 1.165) is 11.1 Å².